The summed E-state index contributed by atoms with van der Waals surface area (Å²) in [6.45, 7) is 0. The number of hydrogen-bond acceptors (Lipinski definition) is 10. The van der Waals surface area contributed by atoms with Gasteiger partial charge in [0.1, 0.15) is 22.3 Å². The number of aromatic nitrogens is 6. The second-order valence-corrected chi connectivity index (χ2v) is 32.0. The molecule has 0 amide bonds. The Morgan fingerprint density at radius 2 is 0.551 bits per heavy atom. The monoisotopic (exact) mass is 1540 g/mol. The van der Waals surface area contributed by atoms with E-state index in [0.29, 0.717) is 11.9 Å². The highest BCUT2D eigenvalue weighted by atomic mass is 32.1. The number of anilines is 6. The van der Waals surface area contributed by atoms with Gasteiger partial charge in [0.05, 0.1) is 65.3 Å². The van der Waals surface area contributed by atoms with Gasteiger partial charge in [-0.2, -0.15) is 0 Å². The summed E-state index contributed by atoms with van der Waals surface area (Å²) < 4.78 is 22.9. The quantitative estimate of drug-likeness (QED) is 0.126. The van der Waals surface area contributed by atoms with Crippen LogP contribution in [0.5, 0.6) is 0 Å². The van der Waals surface area contributed by atoms with Gasteiger partial charge in [0.15, 0.2) is 0 Å². The van der Waals surface area contributed by atoms with E-state index in [0.717, 1.165) is 197 Å². The molecule has 0 spiro atoms. The lowest BCUT2D eigenvalue weighted by atomic mass is 10.0. The number of rotatable bonds is 11. The molecular formula is C106H64N8O2S2. The van der Waals surface area contributed by atoms with Gasteiger partial charge in [-0.25, -0.2) is 19.9 Å². The maximum absolute atomic E-state index is 7.01. The van der Waals surface area contributed by atoms with E-state index in [1.807, 2.05) is 12.1 Å². The van der Waals surface area contributed by atoms with Crippen molar-refractivity contribution in [2.24, 2.45) is 0 Å². The average Bonchev–Trinajstić information content (AvgIpc) is 1.55. The van der Waals surface area contributed by atoms with Gasteiger partial charge in [0.25, 0.3) is 0 Å². The molecule has 0 aliphatic carbocycles. The summed E-state index contributed by atoms with van der Waals surface area (Å²) in [4.78, 5) is 26.3. The topological polar surface area (TPSA) is 94.2 Å². The van der Waals surface area contributed by atoms with Gasteiger partial charge >= 0.3 is 0 Å². The SMILES string of the molecule is c1ccc(-c2ccc(N(c3ccccc3)c3cc4c5cc6c7ccccc7n(-c7nc(-c8ccccc8)c8sc9ccccc9c8n7)c6cc5oc4c4ccccc34)cc2)cc1.c1ccc(-c2nc(-n3c4ccccc4c4cc5c(cc43)oc3c4ccccc4c(N(c4ccccc4)c4ccccc4)cc53)nc3c2sc2ccccc23)cc1. The third-order valence-electron chi connectivity index (χ3n) is 23.2. The zero-order valence-corrected chi connectivity index (χ0v) is 64.8. The van der Waals surface area contributed by atoms with Crippen molar-refractivity contribution in [1.29, 1.82) is 0 Å². The number of fused-ring (bicyclic) bond motifs is 22. The van der Waals surface area contributed by atoms with Crippen molar-refractivity contribution < 1.29 is 8.83 Å². The largest absolute Gasteiger partial charge is 0.455 e. The fourth-order valence-electron chi connectivity index (χ4n) is 17.8. The van der Waals surface area contributed by atoms with Crippen molar-refractivity contribution in [3.8, 4) is 45.5 Å². The molecule has 552 valence electrons. The zero-order valence-electron chi connectivity index (χ0n) is 63.2. The summed E-state index contributed by atoms with van der Waals surface area (Å²) in [5.74, 6) is 1.27. The van der Waals surface area contributed by atoms with Gasteiger partial charge in [-0.15, -0.1) is 22.7 Å². The fourth-order valence-corrected chi connectivity index (χ4v) is 20.1. The minimum Gasteiger partial charge on any atom is -0.455 e. The Bertz CT molecular complexity index is 8270. The summed E-state index contributed by atoms with van der Waals surface area (Å²) in [6.07, 6.45) is 0. The zero-order chi connectivity index (χ0) is 77.5. The van der Waals surface area contributed by atoms with Gasteiger partial charge in [0.2, 0.25) is 11.9 Å². The summed E-state index contributed by atoms with van der Waals surface area (Å²) in [5, 5.41) is 15.4. The molecule has 0 saturated carbocycles. The molecule has 8 aromatic heterocycles. The van der Waals surface area contributed by atoms with Crippen LogP contribution in [0.15, 0.2) is 397 Å². The normalized spacial score (nSPS) is 11.9. The molecule has 0 unspecified atom stereocenters. The fraction of sp³-hybridized carbons (Fsp3) is 0. The Hall–Kier alpha value is -15.3. The number of hydrogen-bond donors (Lipinski definition) is 0. The Morgan fingerprint density at radius 3 is 0.958 bits per heavy atom. The number of nitrogens with zero attached hydrogens (tertiary/aromatic N) is 8. The van der Waals surface area contributed by atoms with Crippen LogP contribution in [0.25, 0.3) is 195 Å². The van der Waals surface area contributed by atoms with Crippen LogP contribution in [0.3, 0.4) is 0 Å². The van der Waals surface area contributed by atoms with Gasteiger partial charge in [-0.1, -0.05) is 279 Å². The van der Waals surface area contributed by atoms with Gasteiger partial charge in [0, 0.05) is 131 Å². The molecule has 0 bridgehead atoms. The maximum atomic E-state index is 7.01. The Morgan fingerprint density at radius 1 is 0.229 bits per heavy atom. The van der Waals surface area contributed by atoms with E-state index in [1.54, 1.807) is 22.7 Å². The van der Waals surface area contributed by atoms with Crippen molar-refractivity contribution in [1.82, 2.24) is 29.1 Å². The van der Waals surface area contributed by atoms with Crippen LogP contribution < -0.4 is 9.80 Å². The highest BCUT2D eigenvalue weighted by Crippen LogP contribution is 2.51. The van der Waals surface area contributed by atoms with Crippen molar-refractivity contribution in [2.75, 3.05) is 9.80 Å². The molecule has 10 nitrogen and oxygen atoms in total. The summed E-state index contributed by atoms with van der Waals surface area (Å²) in [7, 11) is 0. The lowest BCUT2D eigenvalue weighted by Crippen LogP contribution is -2.10. The van der Waals surface area contributed by atoms with Crippen molar-refractivity contribution in [2.45, 2.75) is 0 Å². The number of furan rings is 2. The maximum Gasteiger partial charge on any atom is 0.235 e. The molecule has 8 heterocycles. The molecule has 0 fully saturated rings. The summed E-state index contributed by atoms with van der Waals surface area (Å²) in [6, 6.07) is 137. The molecule has 0 N–H and O–H groups in total. The Labute approximate surface area is 683 Å². The van der Waals surface area contributed by atoms with Gasteiger partial charge < -0.3 is 18.6 Å². The van der Waals surface area contributed by atoms with Crippen molar-refractivity contribution in [3.63, 3.8) is 0 Å². The average molecular weight is 1550 g/mol. The first-order valence-electron chi connectivity index (χ1n) is 39.6. The molecule has 25 aromatic rings. The first-order valence-corrected chi connectivity index (χ1v) is 41.2. The summed E-state index contributed by atoms with van der Waals surface area (Å²) >= 11 is 3.50. The second kappa shape index (κ2) is 27.2. The van der Waals surface area contributed by atoms with Crippen LogP contribution in [0, 0.1) is 0 Å². The second-order valence-electron chi connectivity index (χ2n) is 29.9. The molecular weight excluding hydrogens is 1480 g/mol. The third kappa shape index (κ3) is 10.8. The molecule has 0 atom stereocenters. The van der Waals surface area contributed by atoms with Crippen LogP contribution in [-0.4, -0.2) is 29.1 Å². The van der Waals surface area contributed by atoms with Crippen LogP contribution in [0.2, 0.25) is 0 Å². The van der Waals surface area contributed by atoms with Gasteiger partial charge in [-0.05, 0) is 108 Å². The predicted octanol–water partition coefficient (Wildman–Crippen LogP) is 29.9. The van der Waals surface area contributed by atoms with E-state index in [-0.39, 0.29) is 0 Å². The standard InChI is InChI=1S/C56H34N4OS.C50H30N4OS/c1-4-16-35(17-5-1)36-28-30-39(31-29-36)59(38-20-8-3-9-21-38)48-33-46-45-32-44-41-23-12-14-26-47(41)60(49(44)34-50(45)61-54(46)42-24-11-10-22-40(42)48)56-57-52(37-18-6-2-7-19-37)55-53(58-56)43-25-13-15-27-51(43)62-55;1-4-16-31(17-5-1)46-49-47(37-25-13-15-27-45(37)56-49)52-50(51-46)54-41-26-14-12-23-35(41)38-28-39-40-29-42(53(32-18-6-2-7-19-32)33-20-8-3-9-21-33)34-22-10-11-24-36(34)48(40)55-44(39)30-43(38)54/h1-34H;1-30H. The van der Waals surface area contributed by atoms with Crippen molar-refractivity contribution in [3.05, 3.63) is 388 Å². The van der Waals surface area contributed by atoms with E-state index in [4.69, 9.17) is 28.8 Å². The highest BCUT2D eigenvalue weighted by molar-refractivity contribution is 7.26. The van der Waals surface area contributed by atoms with E-state index in [1.165, 1.54) is 20.5 Å². The van der Waals surface area contributed by atoms with Gasteiger partial charge in [-0.3, -0.25) is 9.13 Å². The molecule has 0 radical (unpaired) electrons. The lowest BCUT2D eigenvalue weighted by Gasteiger charge is -2.27. The smallest absolute Gasteiger partial charge is 0.235 e. The van der Waals surface area contributed by atoms with Crippen LogP contribution in [0.1, 0.15) is 0 Å². The summed E-state index contributed by atoms with van der Waals surface area (Å²) in [5.41, 5.74) is 22.2. The van der Waals surface area contributed by atoms with Crippen LogP contribution in [0.4, 0.5) is 34.1 Å². The van der Waals surface area contributed by atoms with Crippen LogP contribution in [-0.2, 0) is 0 Å². The first kappa shape index (κ1) is 67.2. The van der Waals surface area contributed by atoms with Crippen molar-refractivity contribution >= 4 is 206 Å². The predicted molar refractivity (Wildman–Crippen MR) is 494 cm³/mol. The molecule has 0 aliphatic heterocycles. The van der Waals surface area contributed by atoms with Crippen LogP contribution >= 0.6 is 22.7 Å². The molecule has 0 aliphatic rings. The van der Waals surface area contributed by atoms with E-state index in [9.17, 15) is 0 Å². The number of benzene rings is 17. The molecule has 12 heteroatoms. The number of para-hydroxylation sites is 5. The molecule has 0 saturated heterocycles. The number of thiophene rings is 2. The van der Waals surface area contributed by atoms with E-state index in [2.05, 4.69) is 395 Å². The Kier molecular flexibility index (Phi) is 15.5. The minimum atomic E-state index is 0.631. The minimum absolute atomic E-state index is 0.631. The van der Waals surface area contributed by atoms with E-state index < -0.39 is 0 Å². The molecule has 118 heavy (non-hydrogen) atoms. The third-order valence-corrected chi connectivity index (χ3v) is 25.5. The highest BCUT2D eigenvalue weighted by Gasteiger charge is 2.28. The molecule has 25 rings (SSSR count). The first-order chi connectivity index (χ1) is 58.5. The Balaban J connectivity index is 0.000000135. The van der Waals surface area contributed by atoms with E-state index >= 15 is 0 Å². The molecule has 17 aromatic carbocycles. The lowest BCUT2D eigenvalue weighted by molar-refractivity contribution is 0.672.